The summed E-state index contributed by atoms with van der Waals surface area (Å²) in [5, 5.41) is 5.30. The molecule has 2 amide bonds. The second-order valence-electron chi connectivity index (χ2n) is 6.38. The molecule has 1 heterocycles. The number of esters is 1. The van der Waals surface area contributed by atoms with Crippen molar-refractivity contribution in [1.82, 2.24) is 0 Å². The quantitative estimate of drug-likeness (QED) is 0.618. The van der Waals surface area contributed by atoms with Gasteiger partial charge in [-0.1, -0.05) is 29.8 Å². The average molecular weight is 392 g/mol. The summed E-state index contributed by atoms with van der Waals surface area (Å²) in [7, 11) is 0. The van der Waals surface area contributed by atoms with Crippen LogP contribution in [0.25, 0.3) is 0 Å². The van der Waals surface area contributed by atoms with Gasteiger partial charge in [-0.15, -0.1) is 0 Å². The molecule has 0 aliphatic rings. The average Bonchev–Trinajstić information content (AvgIpc) is 3.25. The fraction of sp³-hybridized carbons (Fsp3) is 0.136. The lowest BCUT2D eigenvalue weighted by atomic mass is 10.1. The Balaban J connectivity index is 1.66. The monoisotopic (exact) mass is 392 g/mol. The number of carbonyl (C=O) groups is 3. The molecule has 2 N–H and O–H groups in total. The molecule has 0 saturated heterocycles. The molecule has 0 unspecified atom stereocenters. The molecule has 2 aromatic carbocycles. The maximum absolute atomic E-state index is 12.6. The highest BCUT2D eigenvalue weighted by molar-refractivity contribution is 6.07. The first-order valence-corrected chi connectivity index (χ1v) is 8.96. The topological polar surface area (TPSA) is 97.6 Å². The van der Waals surface area contributed by atoms with Crippen LogP contribution in [0.3, 0.4) is 0 Å². The van der Waals surface area contributed by atoms with E-state index in [0.717, 1.165) is 5.56 Å². The highest BCUT2D eigenvalue weighted by Crippen LogP contribution is 2.19. The van der Waals surface area contributed by atoms with Gasteiger partial charge in [0.2, 0.25) is 0 Å². The Bertz CT molecular complexity index is 1010. The van der Waals surface area contributed by atoms with Crippen LogP contribution in [0.1, 0.15) is 33.4 Å². The van der Waals surface area contributed by atoms with E-state index in [4.69, 9.17) is 9.15 Å². The van der Waals surface area contributed by atoms with Gasteiger partial charge in [0.05, 0.1) is 17.5 Å². The maximum atomic E-state index is 12.6. The lowest BCUT2D eigenvalue weighted by Gasteiger charge is -2.15. The van der Waals surface area contributed by atoms with Crippen LogP contribution in [-0.2, 0) is 9.53 Å². The first-order chi connectivity index (χ1) is 13.9. The third kappa shape index (κ3) is 5.10. The van der Waals surface area contributed by atoms with Gasteiger partial charge in [-0.3, -0.25) is 9.59 Å². The van der Waals surface area contributed by atoms with Gasteiger partial charge < -0.3 is 19.8 Å². The highest BCUT2D eigenvalue weighted by atomic mass is 16.5. The molecular weight excluding hydrogens is 372 g/mol. The first kappa shape index (κ1) is 19.9. The first-order valence-electron chi connectivity index (χ1n) is 8.96. The molecule has 7 heteroatoms. The van der Waals surface area contributed by atoms with Crippen molar-refractivity contribution in [2.45, 2.75) is 20.0 Å². The van der Waals surface area contributed by atoms with E-state index in [1.54, 1.807) is 36.4 Å². The highest BCUT2D eigenvalue weighted by Gasteiger charge is 2.22. The maximum Gasteiger partial charge on any atom is 0.341 e. The van der Waals surface area contributed by atoms with E-state index < -0.39 is 23.9 Å². The Morgan fingerprint density at radius 3 is 2.34 bits per heavy atom. The summed E-state index contributed by atoms with van der Waals surface area (Å²) in [5.41, 5.74) is 2.05. The number of para-hydroxylation sites is 1. The van der Waals surface area contributed by atoms with Crippen molar-refractivity contribution in [1.29, 1.82) is 0 Å². The van der Waals surface area contributed by atoms with Gasteiger partial charge in [-0.2, -0.15) is 0 Å². The number of furan rings is 1. The molecule has 29 heavy (non-hydrogen) atoms. The zero-order valence-corrected chi connectivity index (χ0v) is 16.0. The minimum Gasteiger partial charge on any atom is -0.459 e. The van der Waals surface area contributed by atoms with Crippen LogP contribution < -0.4 is 10.6 Å². The number of hydrogen-bond donors (Lipinski definition) is 2. The second kappa shape index (κ2) is 8.88. The molecule has 148 valence electrons. The van der Waals surface area contributed by atoms with Crippen LogP contribution in [0.5, 0.6) is 0 Å². The fourth-order valence-electron chi connectivity index (χ4n) is 2.52. The van der Waals surface area contributed by atoms with E-state index in [0.29, 0.717) is 5.69 Å². The summed E-state index contributed by atoms with van der Waals surface area (Å²) in [5.74, 6) is -1.58. The molecule has 3 rings (SSSR count). The Morgan fingerprint density at radius 1 is 0.931 bits per heavy atom. The van der Waals surface area contributed by atoms with Crippen LogP contribution >= 0.6 is 0 Å². The third-order valence-electron chi connectivity index (χ3n) is 4.11. The molecule has 0 spiro atoms. The molecule has 1 aromatic heterocycles. The van der Waals surface area contributed by atoms with Crippen molar-refractivity contribution >= 4 is 29.2 Å². The van der Waals surface area contributed by atoms with Gasteiger partial charge in [-0.25, -0.2) is 4.79 Å². The molecular formula is C22H20N2O5. The van der Waals surface area contributed by atoms with E-state index in [-0.39, 0.29) is 17.0 Å². The largest absolute Gasteiger partial charge is 0.459 e. The predicted octanol–water partition coefficient (Wildman–Crippen LogP) is 4.02. The molecule has 0 aliphatic carbocycles. The molecule has 0 radical (unpaired) electrons. The van der Waals surface area contributed by atoms with Crippen LogP contribution in [-0.4, -0.2) is 23.9 Å². The van der Waals surface area contributed by atoms with Gasteiger partial charge in [-0.05, 0) is 50.2 Å². The van der Waals surface area contributed by atoms with Crippen molar-refractivity contribution in [2.75, 3.05) is 10.6 Å². The summed E-state index contributed by atoms with van der Waals surface area (Å²) in [6.45, 7) is 3.42. The molecule has 7 nitrogen and oxygen atoms in total. The third-order valence-corrected chi connectivity index (χ3v) is 4.11. The lowest BCUT2D eigenvalue weighted by molar-refractivity contribution is -0.123. The standard InChI is InChI=1S/C22H20N2O5/c1-14-9-11-16(12-10-14)23-20(25)15(2)29-22(27)17-6-3-4-7-18(17)24-21(26)19-8-5-13-28-19/h3-13,15H,1-2H3,(H,23,25)(H,24,26)/t15-/m1/s1. The van der Waals surface area contributed by atoms with Crippen molar-refractivity contribution < 1.29 is 23.5 Å². The van der Waals surface area contributed by atoms with E-state index in [1.807, 2.05) is 19.1 Å². The molecule has 0 aliphatic heterocycles. The van der Waals surface area contributed by atoms with Gasteiger partial charge in [0, 0.05) is 5.69 Å². The smallest absolute Gasteiger partial charge is 0.341 e. The number of benzene rings is 2. The summed E-state index contributed by atoms with van der Waals surface area (Å²) in [6, 6.07) is 16.7. The molecule has 0 fully saturated rings. The molecule has 1 atom stereocenters. The van der Waals surface area contributed by atoms with Crippen LogP contribution in [0.2, 0.25) is 0 Å². The zero-order chi connectivity index (χ0) is 20.8. The number of anilines is 2. The van der Waals surface area contributed by atoms with Crippen LogP contribution in [0.4, 0.5) is 11.4 Å². The zero-order valence-electron chi connectivity index (χ0n) is 16.0. The molecule has 0 saturated carbocycles. The van der Waals surface area contributed by atoms with E-state index in [9.17, 15) is 14.4 Å². The summed E-state index contributed by atoms with van der Waals surface area (Å²) < 4.78 is 10.3. The van der Waals surface area contributed by atoms with E-state index >= 15 is 0 Å². The predicted molar refractivity (Wildman–Crippen MR) is 108 cm³/mol. The van der Waals surface area contributed by atoms with Crippen molar-refractivity contribution in [3.63, 3.8) is 0 Å². The van der Waals surface area contributed by atoms with Gasteiger partial charge in [0.15, 0.2) is 11.9 Å². The number of ether oxygens (including phenoxy) is 1. The summed E-state index contributed by atoms with van der Waals surface area (Å²) >= 11 is 0. The number of rotatable bonds is 6. The fourth-order valence-corrected chi connectivity index (χ4v) is 2.52. The minimum absolute atomic E-state index is 0.110. The Morgan fingerprint density at radius 2 is 1.66 bits per heavy atom. The molecule has 0 bridgehead atoms. The second-order valence-corrected chi connectivity index (χ2v) is 6.38. The number of carbonyl (C=O) groups excluding carboxylic acids is 3. The van der Waals surface area contributed by atoms with Gasteiger partial charge in [0.25, 0.3) is 11.8 Å². The Kier molecular flexibility index (Phi) is 6.09. The lowest BCUT2D eigenvalue weighted by Crippen LogP contribution is -2.30. The Labute approximate surface area is 167 Å². The summed E-state index contributed by atoms with van der Waals surface area (Å²) in [4.78, 5) is 37.1. The number of hydrogen-bond acceptors (Lipinski definition) is 5. The Hall–Kier alpha value is -3.87. The minimum atomic E-state index is -1.03. The van der Waals surface area contributed by atoms with Gasteiger partial charge >= 0.3 is 5.97 Å². The number of aryl methyl sites for hydroxylation is 1. The number of amides is 2. The normalized spacial score (nSPS) is 11.4. The van der Waals surface area contributed by atoms with Crippen molar-refractivity contribution in [3.8, 4) is 0 Å². The summed E-state index contributed by atoms with van der Waals surface area (Å²) in [6.07, 6.45) is 0.348. The van der Waals surface area contributed by atoms with Crippen LogP contribution in [0, 0.1) is 6.92 Å². The number of nitrogens with one attached hydrogen (secondary N) is 2. The van der Waals surface area contributed by atoms with E-state index in [2.05, 4.69) is 10.6 Å². The van der Waals surface area contributed by atoms with E-state index in [1.165, 1.54) is 25.3 Å². The van der Waals surface area contributed by atoms with Crippen LogP contribution in [0.15, 0.2) is 71.3 Å². The van der Waals surface area contributed by atoms with Crippen molar-refractivity contribution in [2.24, 2.45) is 0 Å². The molecule has 3 aromatic rings. The SMILES string of the molecule is Cc1ccc(NC(=O)[C@@H](C)OC(=O)c2ccccc2NC(=O)c2ccco2)cc1. The van der Waals surface area contributed by atoms with Gasteiger partial charge in [0.1, 0.15) is 0 Å². The van der Waals surface area contributed by atoms with Crippen molar-refractivity contribution in [3.05, 3.63) is 83.8 Å².